The summed E-state index contributed by atoms with van der Waals surface area (Å²) in [6.07, 6.45) is 7.79. The van der Waals surface area contributed by atoms with Crippen molar-refractivity contribution in [3.8, 4) is 0 Å². The number of hydrogen-bond acceptors (Lipinski definition) is 1. The Morgan fingerprint density at radius 2 is 2.00 bits per heavy atom. The molecule has 1 nitrogen and oxygen atoms in total. The van der Waals surface area contributed by atoms with E-state index in [9.17, 15) is 0 Å². The summed E-state index contributed by atoms with van der Waals surface area (Å²) in [7, 11) is 0. The van der Waals surface area contributed by atoms with Crippen LogP contribution in [0, 0.1) is 17.3 Å². The van der Waals surface area contributed by atoms with Crippen LogP contribution in [0.3, 0.4) is 0 Å². The van der Waals surface area contributed by atoms with E-state index in [0.717, 1.165) is 47.0 Å². The number of rotatable bonds is 6. The molecule has 21 heavy (non-hydrogen) atoms. The van der Waals surface area contributed by atoms with E-state index in [0.29, 0.717) is 5.41 Å². The van der Waals surface area contributed by atoms with Gasteiger partial charge in [-0.1, -0.05) is 42.6 Å². The largest absolute Gasteiger partial charge is 0.316 e. The van der Waals surface area contributed by atoms with Gasteiger partial charge in [0.05, 0.1) is 0 Å². The zero-order valence-corrected chi connectivity index (χ0v) is 14.3. The van der Waals surface area contributed by atoms with Crippen molar-refractivity contribution in [2.24, 2.45) is 17.3 Å². The third kappa shape index (κ3) is 3.11. The Morgan fingerprint density at radius 3 is 2.57 bits per heavy atom. The molecule has 3 heteroatoms. The van der Waals surface area contributed by atoms with Gasteiger partial charge in [0.25, 0.3) is 0 Å². The third-order valence-electron chi connectivity index (χ3n) is 5.60. The van der Waals surface area contributed by atoms with Crippen LogP contribution in [0.4, 0.5) is 0 Å². The van der Waals surface area contributed by atoms with Crippen LogP contribution < -0.4 is 5.32 Å². The first-order chi connectivity index (χ1) is 10.1. The fraction of sp³-hybridized carbons (Fsp3) is 0.667. The van der Waals surface area contributed by atoms with Crippen LogP contribution in [0.1, 0.15) is 44.6 Å². The minimum atomic E-state index is 0.368. The van der Waals surface area contributed by atoms with Crippen LogP contribution in [0.25, 0.3) is 0 Å². The van der Waals surface area contributed by atoms with Gasteiger partial charge in [0.2, 0.25) is 0 Å². The molecule has 3 rings (SSSR count). The van der Waals surface area contributed by atoms with Gasteiger partial charge in [0.1, 0.15) is 0 Å². The molecular formula is C18H25Cl2N. The summed E-state index contributed by atoms with van der Waals surface area (Å²) < 4.78 is 0. The SMILES string of the molecule is CCCNCC1(Cc2c(Cl)cccc2Cl)CC2CCC1C2. The lowest BCUT2D eigenvalue weighted by atomic mass is 9.69. The normalized spacial score (nSPS) is 31.0. The van der Waals surface area contributed by atoms with E-state index >= 15 is 0 Å². The standard InChI is InChI=1S/C18H25Cl2N/c1-2-8-21-12-18(10-13-6-7-14(18)9-13)11-15-16(19)4-3-5-17(15)20/h3-5,13-14,21H,2,6-12H2,1H3. The van der Waals surface area contributed by atoms with Gasteiger partial charge < -0.3 is 5.32 Å². The van der Waals surface area contributed by atoms with E-state index in [-0.39, 0.29) is 0 Å². The highest BCUT2D eigenvalue weighted by Gasteiger charge is 2.50. The van der Waals surface area contributed by atoms with E-state index in [4.69, 9.17) is 23.2 Å². The van der Waals surface area contributed by atoms with E-state index in [2.05, 4.69) is 12.2 Å². The second kappa shape index (κ2) is 6.48. The lowest BCUT2D eigenvalue weighted by molar-refractivity contribution is 0.156. The van der Waals surface area contributed by atoms with Crippen molar-refractivity contribution in [1.29, 1.82) is 0 Å². The summed E-state index contributed by atoms with van der Waals surface area (Å²) >= 11 is 12.9. The maximum Gasteiger partial charge on any atom is 0.0453 e. The average Bonchev–Trinajstić information content (AvgIpc) is 3.04. The van der Waals surface area contributed by atoms with E-state index in [1.165, 1.54) is 32.1 Å². The van der Waals surface area contributed by atoms with Crippen molar-refractivity contribution >= 4 is 23.2 Å². The number of fused-ring (bicyclic) bond motifs is 2. The van der Waals surface area contributed by atoms with Crippen LogP contribution in [-0.2, 0) is 6.42 Å². The van der Waals surface area contributed by atoms with Gasteiger partial charge in [0, 0.05) is 16.6 Å². The third-order valence-corrected chi connectivity index (χ3v) is 6.31. The first-order valence-electron chi connectivity index (χ1n) is 8.28. The van der Waals surface area contributed by atoms with Crippen LogP contribution in [0.5, 0.6) is 0 Å². The summed E-state index contributed by atoms with van der Waals surface area (Å²) in [6, 6.07) is 5.89. The van der Waals surface area contributed by atoms with Crippen molar-refractivity contribution < 1.29 is 0 Å². The van der Waals surface area contributed by atoms with Gasteiger partial charge >= 0.3 is 0 Å². The molecule has 1 aromatic carbocycles. The summed E-state index contributed by atoms with van der Waals surface area (Å²) in [4.78, 5) is 0. The van der Waals surface area contributed by atoms with E-state index < -0.39 is 0 Å². The predicted molar refractivity (Wildman–Crippen MR) is 91.2 cm³/mol. The molecule has 0 amide bonds. The summed E-state index contributed by atoms with van der Waals surface area (Å²) in [6.45, 7) is 4.45. The summed E-state index contributed by atoms with van der Waals surface area (Å²) in [5.41, 5.74) is 1.53. The molecule has 2 aliphatic rings. The van der Waals surface area contributed by atoms with E-state index in [1.807, 2.05) is 18.2 Å². The second-order valence-corrected chi connectivity index (χ2v) is 7.81. The van der Waals surface area contributed by atoms with Gasteiger partial charge in [-0.2, -0.15) is 0 Å². The molecule has 0 saturated heterocycles. The molecule has 1 N–H and O–H groups in total. The topological polar surface area (TPSA) is 12.0 Å². The lowest BCUT2D eigenvalue weighted by Crippen LogP contribution is -2.41. The molecule has 2 aliphatic carbocycles. The van der Waals surface area contributed by atoms with Crippen molar-refractivity contribution in [1.82, 2.24) is 5.32 Å². The molecule has 0 heterocycles. The number of nitrogens with one attached hydrogen (secondary N) is 1. The maximum absolute atomic E-state index is 6.43. The fourth-order valence-corrected chi connectivity index (χ4v) is 5.15. The van der Waals surface area contributed by atoms with Gasteiger partial charge in [-0.15, -0.1) is 0 Å². The second-order valence-electron chi connectivity index (χ2n) is 7.00. The summed E-state index contributed by atoms with van der Waals surface area (Å²) in [5.74, 6) is 1.78. The number of halogens is 2. The summed E-state index contributed by atoms with van der Waals surface area (Å²) in [5, 5.41) is 5.34. The predicted octanol–water partition coefficient (Wildman–Crippen LogP) is 5.34. The minimum absolute atomic E-state index is 0.368. The van der Waals surface area contributed by atoms with Crippen molar-refractivity contribution in [2.45, 2.75) is 45.4 Å². The van der Waals surface area contributed by atoms with Crippen molar-refractivity contribution in [3.05, 3.63) is 33.8 Å². The number of hydrogen-bond donors (Lipinski definition) is 1. The highest BCUT2D eigenvalue weighted by atomic mass is 35.5. The molecule has 3 atom stereocenters. The molecule has 116 valence electrons. The monoisotopic (exact) mass is 325 g/mol. The molecule has 0 spiro atoms. The van der Waals surface area contributed by atoms with Crippen molar-refractivity contribution in [2.75, 3.05) is 13.1 Å². The van der Waals surface area contributed by atoms with Crippen molar-refractivity contribution in [3.63, 3.8) is 0 Å². The van der Waals surface area contributed by atoms with Gasteiger partial charge in [-0.25, -0.2) is 0 Å². The first-order valence-corrected chi connectivity index (χ1v) is 9.04. The molecule has 0 radical (unpaired) electrons. The fourth-order valence-electron chi connectivity index (χ4n) is 4.62. The van der Waals surface area contributed by atoms with Gasteiger partial charge in [-0.3, -0.25) is 0 Å². The van der Waals surface area contributed by atoms with E-state index in [1.54, 1.807) is 0 Å². The molecular weight excluding hydrogens is 301 g/mol. The Hall–Kier alpha value is -0.240. The average molecular weight is 326 g/mol. The highest BCUT2D eigenvalue weighted by molar-refractivity contribution is 6.36. The lowest BCUT2D eigenvalue weighted by Gasteiger charge is -2.39. The van der Waals surface area contributed by atoms with Gasteiger partial charge in [0.15, 0.2) is 0 Å². The van der Waals surface area contributed by atoms with Gasteiger partial charge in [-0.05, 0) is 73.6 Å². The Morgan fingerprint density at radius 1 is 1.24 bits per heavy atom. The molecule has 0 aliphatic heterocycles. The molecule has 1 aromatic rings. The Balaban J connectivity index is 1.83. The molecule has 2 bridgehead atoms. The molecule has 2 saturated carbocycles. The Labute approximate surface area is 138 Å². The highest BCUT2D eigenvalue weighted by Crippen LogP contribution is 2.57. The number of benzene rings is 1. The Kier molecular flexibility index (Phi) is 4.83. The molecule has 2 fully saturated rings. The van der Waals surface area contributed by atoms with Crippen LogP contribution >= 0.6 is 23.2 Å². The Bertz CT molecular complexity index is 482. The van der Waals surface area contributed by atoms with Crippen LogP contribution in [-0.4, -0.2) is 13.1 Å². The zero-order valence-electron chi connectivity index (χ0n) is 12.8. The zero-order chi connectivity index (χ0) is 14.9. The maximum atomic E-state index is 6.43. The molecule has 3 unspecified atom stereocenters. The first kappa shape index (κ1) is 15.6. The minimum Gasteiger partial charge on any atom is -0.316 e. The van der Waals surface area contributed by atoms with Crippen LogP contribution in [0.2, 0.25) is 10.0 Å². The quantitative estimate of drug-likeness (QED) is 0.696. The smallest absolute Gasteiger partial charge is 0.0453 e. The molecule has 0 aromatic heterocycles. The van der Waals surface area contributed by atoms with Crippen LogP contribution in [0.15, 0.2) is 18.2 Å².